The molecular formula is C26H23NO4S. The molecule has 4 aromatic rings. The number of rotatable bonds is 5. The summed E-state index contributed by atoms with van der Waals surface area (Å²) in [5.41, 5.74) is 6.05. The normalized spacial score (nSPS) is 14.7. The summed E-state index contributed by atoms with van der Waals surface area (Å²) in [4.78, 5) is 0.271. The molecule has 1 aromatic heterocycles. The third kappa shape index (κ3) is 3.19. The van der Waals surface area contributed by atoms with Crippen LogP contribution in [0.25, 0.3) is 11.1 Å². The quantitative estimate of drug-likeness (QED) is 0.373. The zero-order valence-corrected chi connectivity index (χ0v) is 18.9. The molecule has 1 aliphatic carbocycles. The fourth-order valence-electron chi connectivity index (χ4n) is 4.35. The molecule has 0 amide bonds. The molecule has 0 saturated carbocycles. The van der Waals surface area contributed by atoms with Crippen molar-refractivity contribution in [2.45, 2.75) is 17.7 Å². The van der Waals surface area contributed by atoms with Gasteiger partial charge in [0, 0.05) is 23.9 Å². The highest BCUT2D eigenvalue weighted by atomic mass is 32.2. The molecule has 0 spiro atoms. The van der Waals surface area contributed by atoms with Gasteiger partial charge in [0.05, 0.1) is 19.1 Å². The van der Waals surface area contributed by atoms with Crippen LogP contribution in [0.5, 0.6) is 11.5 Å². The summed E-state index contributed by atoms with van der Waals surface area (Å²) in [6, 6.07) is 20.7. The summed E-state index contributed by atoms with van der Waals surface area (Å²) in [5, 5.41) is 0. The summed E-state index contributed by atoms with van der Waals surface area (Å²) in [7, 11) is -0.408. The van der Waals surface area contributed by atoms with Gasteiger partial charge >= 0.3 is 0 Å². The van der Waals surface area contributed by atoms with Crippen LogP contribution in [0.1, 0.15) is 28.2 Å². The van der Waals surface area contributed by atoms with Gasteiger partial charge in [0.25, 0.3) is 10.0 Å². The second-order valence-electron chi connectivity index (χ2n) is 7.93. The molecule has 1 heterocycles. The number of fused-ring (bicyclic) bond motifs is 3. The van der Waals surface area contributed by atoms with Gasteiger partial charge in [-0.3, -0.25) is 0 Å². The Morgan fingerprint density at radius 1 is 0.750 bits per heavy atom. The first-order valence-corrected chi connectivity index (χ1v) is 11.7. The predicted octanol–water partition coefficient (Wildman–Crippen LogP) is 5.21. The zero-order valence-electron chi connectivity index (χ0n) is 18.1. The Morgan fingerprint density at radius 2 is 1.41 bits per heavy atom. The molecule has 0 fully saturated rings. The molecule has 1 aliphatic rings. The number of hydrogen-bond acceptors (Lipinski definition) is 4. The van der Waals surface area contributed by atoms with Crippen LogP contribution >= 0.6 is 0 Å². The van der Waals surface area contributed by atoms with Crippen molar-refractivity contribution in [3.63, 3.8) is 0 Å². The Labute approximate surface area is 187 Å². The van der Waals surface area contributed by atoms with Gasteiger partial charge in [-0.2, -0.15) is 0 Å². The molecule has 0 N–H and O–H groups in total. The summed E-state index contributed by atoms with van der Waals surface area (Å²) in [6.07, 6.45) is 3.46. The third-order valence-electron chi connectivity index (χ3n) is 6.05. The van der Waals surface area contributed by atoms with E-state index in [1.54, 1.807) is 38.7 Å². The van der Waals surface area contributed by atoms with E-state index in [4.69, 9.17) is 9.47 Å². The SMILES string of the molecule is COc1ccc([C@@H]2c3cc(OC)ccc3-c3cn(S(=O)(=O)c4ccc(C)cc4)cc32)cc1. The van der Waals surface area contributed by atoms with E-state index in [2.05, 4.69) is 0 Å². The fraction of sp³-hybridized carbons (Fsp3) is 0.154. The smallest absolute Gasteiger partial charge is 0.267 e. The topological polar surface area (TPSA) is 57.5 Å². The standard InChI is InChI=1S/C26H23NO4S/c1-17-4-11-21(12-5-17)32(28,29)27-15-24-22-13-10-20(31-3)14-23(22)26(25(24)16-27)18-6-8-19(30-2)9-7-18/h4-16,26H,1-3H3/t26-/m1/s1. The van der Waals surface area contributed by atoms with Crippen LogP contribution < -0.4 is 9.47 Å². The highest BCUT2D eigenvalue weighted by Crippen LogP contribution is 2.50. The molecule has 3 aromatic carbocycles. The van der Waals surface area contributed by atoms with Gasteiger partial charge < -0.3 is 9.47 Å². The molecule has 1 atom stereocenters. The van der Waals surface area contributed by atoms with Crippen LogP contribution in [0, 0.1) is 6.92 Å². The molecular weight excluding hydrogens is 422 g/mol. The molecule has 0 unspecified atom stereocenters. The van der Waals surface area contributed by atoms with Crippen molar-refractivity contribution in [2.75, 3.05) is 14.2 Å². The Morgan fingerprint density at radius 3 is 2.06 bits per heavy atom. The number of ether oxygens (including phenoxy) is 2. The van der Waals surface area contributed by atoms with Crippen molar-refractivity contribution in [2.24, 2.45) is 0 Å². The maximum absolute atomic E-state index is 13.3. The second-order valence-corrected chi connectivity index (χ2v) is 9.78. The third-order valence-corrected chi connectivity index (χ3v) is 7.68. The van der Waals surface area contributed by atoms with Crippen LogP contribution in [0.4, 0.5) is 0 Å². The van der Waals surface area contributed by atoms with Crippen molar-refractivity contribution >= 4 is 10.0 Å². The second kappa shape index (κ2) is 7.57. The van der Waals surface area contributed by atoms with Crippen LogP contribution in [-0.4, -0.2) is 26.6 Å². The lowest BCUT2D eigenvalue weighted by atomic mass is 9.90. The van der Waals surface area contributed by atoms with Gasteiger partial charge in [0.1, 0.15) is 11.5 Å². The van der Waals surface area contributed by atoms with Crippen LogP contribution in [0.2, 0.25) is 0 Å². The predicted molar refractivity (Wildman–Crippen MR) is 124 cm³/mol. The number of nitrogens with zero attached hydrogens (tertiary/aromatic N) is 1. The molecule has 162 valence electrons. The molecule has 0 radical (unpaired) electrons. The molecule has 5 nitrogen and oxygen atoms in total. The van der Waals surface area contributed by atoms with E-state index in [0.717, 1.165) is 44.9 Å². The van der Waals surface area contributed by atoms with E-state index in [1.807, 2.05) is 61.5 Å². The lowest BCUT2D eigenvalue weighted by Gasteiger charge is -2.16. The molecule has 0 aliphatic heterocycles. The van der Waals surface area contributed by atoms with E-state index < -0.39 is 10.0 Å². The van der Waals surface area contributed by atoms with Crippen LogP contribution in [-0.2, 0) is 10.0 Å². The maximum atomic E-state index is 13.3. The van der Waals surface area contributed by atoms with Gasteiger partial charge in [0.15, 0.2) is 0 Å². The van der Waals surface area contributed by atoms with Gasteiger partial charge in [-0.05, 0) is 65.6 Å². The Kier molecular flexibility index (Phi) is 4.82. The van der Waals surface area contributed by atoms with Crippen molar-refractivity contribution < 1.29 is 17.9 Å². The monoisotopic (exact) mass is 445 g/mol. The summed E-state index contributed by atoms with van der Waals surface area (Å²) in [5.74, 6) is 1.44. The van der Waals surface area contributed by atoms with E-state index in [1.165, 1.54) is 3.97 Å². The Bertz CT molecular complexity index is 1400. The lowest BCUT2D eigenvalue weighted by Crippen LogP contribution is -2.11. The first-order valence-electron chi connectivity index (χ1n) is 10.3. The number of aryl methyl sites for hydroxylation is 1. The highest BCUT2D eigenvalue weighted by molar-refractivity contribution is 7.90. The number of benzene rings is 3. The maximum Gasteiger partial charge on any atom is 0.267 e. The lowest BCUT2D eigenvalue weighted by molar-refractivity contribution is 0.414. The highest BCUT2D eigenvalue weighted by Gasteiger charge is 2.34. The summed E-state index contributed by atoms with van der Waals surface area (Å²) in [6.45, 7) is 1.94. The average molecular weight is 446 g/mol. The van der Waals surface area contributed by atoms with Crippen molar-refractivity contribution in [3.8, 4) is 22.6 Å². The van der Waals surface area contributed by atoms with Crippen LogP contribution in [0.15, 0.2) is 84.0 Å². The summed E-state index contributed by atoms with van der Waals surface area (Å²) < 4.78 is 38.7. The largest absolute Gasteiger partial charge is 0.497 e. The molecule has 0 bridgehead atoms. The minimum absolute atomic E-state index is 0.101. The van der Waals surface area contributed by atoms with E-state index in [-0.39, 0.29) is 10.8 Å². The molecule has 5 rings (SSSR count). The van der Waals surface area contributed by atoms with Crippen molar-refractivity contribution in [3.05, 3.63) is 101 Å². The first kappa shape index (κ1) is 20.4. The molecule has 0 saturated heterocycles. The molecule has 6 heteroatoms. The van der Waals surface area contributed by atoms with Crippen molar-refractivity contribution in [1.29, 1.82) is 0 Å². The van der Waals surface area contributed by atoms with Crippen molar-refractivity contribution in [1.82, 2.24) is 3.97 Å². The van der Waals surface area contributed by atoms with E-state index >= 15 is 0 Å². The number of methoxy groups -OCH3 is 2. The summed E-state index contributed by atoms with van der Waals surface area (Å²) >= 11 is 0. The van der Waals surface area contributed by atoms with Gasteiger partial charge in [0.2, 0.25) is 0 Å². The Hall–Kier alpha value is -3.51. The van der Waals surface area contributed by atoms with Gasteiger partial charge in [-0.1, -0.05) is 35.9 Å². The van der Waals surface area contributed by atoms with Gasteiger partial charge in [-0.15, -0.1) is 0 Å². The Balaban J connectivity index is 1.67. The number of aromatic nitrogens is 1. The first-order chi connectivity index (χ1) is 15.4. The van der Waals surface area contributed by atoms with E-state index in [0.29, 0.717) is 0 Å². The minimum Gasteiger partial charge on any atom is -0.497 e. The fourth-order valence-corrected chi connectivity index (χ4v) is 5.57. The minimum atomic E-state index is -3.69. The number of hydrogen-bond donors (Lipinski definition) is 0. The van der Waals surface area contributed by atoms with E-state index in [9.17, 15) is 8.42 Å². The zero-order chi connectivity index (χ0) is 22.5. The van der Waals surface area contributed by atoms with Gasteiger partial charge in [-0.25, -0.2) is 12.4 Å². The average Bonchev–Trinajstić information content (AvgIpc) is 3.37. The molecule has 32 heavy (non-hydrogen) atoms. The van der Waals surface area contributed by atoms with Crippen LogP contribution in [0.3, 0.4) is 0 Å².